The van der Waals surface area contributed by atoms with Crippen LogP contribution >= 0.6 is 27.3 Å². The van der Waals surface area contributed by atoms with Crippen LogP contribution in [0.3, 0.4) is 0 Å². The summed E-state index contributed by atoms with van der Waals surface area (Å²) in [5, 5.41) is 2.87. The second-order valence-corrected chi connectivity index (χ2v) is 6.64. The largest absolute Gasteiger partial charge is 0.381 e. The summed E-state index contributed by atoms with van der Waals surface area (Å²) in [6, 6.07) is 3.70. The Morgan fingerprint density at radius 2 is 2.29 bits per heavy atom. The van der Waals surface area contributed by atoms with Crippen molar-refractivity contribution in [2.75, 3.05) is 19.8 Å². The second-order valence-electron chi connectivity index (χ2n) is 4.18. The first-order valence-corrected chi connectivity index (χ1v) is 7.32. The van der Waals surface area contributed by atoms with Gasteiger partial charge in [0.05, 0.1) is 8.66 Å². The molecule has 0 fully saturated rings. The molecule has 1 heterocycles. The van der Waals surface area contributed by atoms with Crippen LogP contribution in [0.2, 0.25) is 0 Å². The maximum Gasteiger partial charge on any atom is 0.261 e. The summed E-state index contributed by atoms with van der Waals surface area (Å²) in [6.07, 6.45) is 0.852. The van der Waals surface area contributed by atoms with Gasteiger partial charge in [-0.05, 0) is 40.4 Å². The molecule has 0 aliphatic rings. The number of halogens is 1. The zero-order valence-corrected chi connectivity index (χ0v) is 12.6. The highest BCUT2D eigenvalue weighted by molar-refractivity contribution is 9.11. The molecular formula is C12H18BrNO2S. The number of ether oxygens (including phenoxy) is 1. The van der Waals surface area contributed by atoms with Gasteiger partial charge in [0.25, 0.3) is 5.91 Å². The molecule has 1 amide bonds. The van der Waals surface area contributed by atoms with Crippen LogP contribution in [0.4, 0.5) is 0 Å². The fraction of sp³-hybridized carbons (Fsp3) is 0.583. The van der Waals surface area contributed by atoms with Gasteiger partial charge in [-0.25, -0.2) is 0 Å². The van der Waals surface area contributed by atoms with Crippen molar-refractivity contribution in [1.82, 2.24) is 5.32 Å². The number of nitrogens with one attached hydrogen (secondary N) is 1. The van der Waals surface area contributed by atoms with Gasteiger partial charge >= 0.3 is 0 Å². The number of hydrogen-bond acceptors (Lipinski definition) is 3. The van der Waals surface area contributed by atoms with Crippen molar-refractivity contribution in [1.29, 1.82) is 0 Å². The third kappa shape index (κ3) is 6.19. The number of thiophene rings is 1. The third-order valence-electron chi connectivity index (χ3n) is 2.00. The van der Waals surface area contributed by atoms with E-state index < -0.39 is 0 Å². The van der Waals surface area contributed by atoms with Gasteiger partial charge in [0.15, 0.2) is 0 Å². The Labute approximate surface area is 115 Å². The van der Waals surface area contributed by atoms with E-state index in [9.17, 15) is 4.79 Å². The Kier molecular flexibility index (Phi) is 6.77. The zero-order valence-electron chi connectivity index (χ0n) is 10.2. The van der Waals surface area contributed by atoms with Crippen LogP contribution in [0.15, 0.2) is 15.9 Å². The Morgan fingerprint density at radius 1 is 1.53 bits per heavy atom. The molecule has 1 N–H and O–H groups in total. The summed E-state index contributed by atoms with van der Waals surface area (Å²) < 4.78 is 6.41. The summed E-state index contributed by atoms with van der Waals surface area (Å²) in [7, 11) is 0. The quantitative estimate of drug-likeness (QED) is 0.783. The molecule has 0 atom stereocenters. The Morgan fingerprint density at radius 3 is 2.88 bits per heavy atom. The molecule has 0 radical (unpaired) electrons. The van der Waals surface area contributed by atoms with Gasteiger partial charge in [0, 0.05) is 19.8 Å². The predicted octanol–water partition coefficient (Wildman–Crippen LogP) is 3.30. The minimum Gasteiger partial charge on any atom is -0.381 e. The van der Waals surface area contributed by atoms with Crippen LogP contribution in [-0.2, 0) is 4.74 Å². The second kappa shape index (κ2) is 7.84. The molecule has 0 aliphatic carbocycles. The number of carbonyl (C=O) groups is 1. The Hall–Kier alpha value is -0.390. The van der Waals surface area contributed by atoms with E-state index in [1.807, 2.05) is 12.1 Å². The van der Waals surface area contributed by atoms with Crippen LogP contribution in [0.1, 0.15) is 29.9 Å². The fourth-order valence-corrected chi connectivity index (χ4v) is 2.52. The van der Waals surface area contributed by atoms with Gasteiger partial charge in [-0.2, -0.15) is 0 Å². The Bertz CT molecular complexity index is 352. The molecule has 0 bridgehead atoms. The molecule has 17 heavy (non-hydrogen) atoms. The fourth-order valence-electron chi connectivity index (χ4n) is 1.22. The lowest BCUT2D eigenvalue weighted by molar-refractivity contribution is 0.0928. The van der Waals surface area contributed by atoms with Gasteiger partial charge in [-0.15, -0.1) is 11.3 Å². The highest BCUT2D eigenvalue weighted by Crippen LogP contribution is 2.21. The number of rotatable bonds is 7. The minimum absolute atomic E-state index is 0.00967. The topological polar surface area (TPSA) is 38.3 Å². The number of hydrogen-bond donors (Lipinski definition) is 1. The minimum atomic E-state index is -0.00967. The van der Waals surface area contributed by atoms with Gasteiger partial charge in [-0.1, -0.05) is 13.8 Å². The van der Waals surface area contributed by atoms with Crippen molar-refractivity contribution in [3.63, 3.8) is 0 Å². The van der Waals surface area contributed by atoms with Crippen LogP contribution in [-0.4, -0.2) is 25.7 Å². The molecule has 3 nitrogen and oxygen atoms in total. The van der Waals surface area contributed by atoms with E-state index in [1.165, 1.54) is 11.3 Å². The van der Waals surface area contributed by atoms with Crippen molar-refractivity contribution in [2.45, 2.75) is 20.3 Å². The van der Waals surface area contributed by atoms with E-state index in [4.69, 9.17) is 4.74 Å². The molecule has 0 unspecified atom stereocenters. The van der Waals surface area contributed by atoms with Crippen LogP contribution in [0, 0.1) is 5.92 Å². The van der Waals surface area contributed by atoms with E-state index in [1.54, 1.807) is 0 Å². The van der Waals surface area contributed by atoms with Gasteiger partial charge in [0.2, 0.25) is 0 Å². The van der Waals surface area contributed by atoms with E-state index >= 15 is 0 Å². The summed E-state index contributed by atoms with van der Waals surface area (Å²) in [4.78, 5) is 12.4. The zero-order chi connectivity index (χ0) is 12.7. The molecule has 0 aliphatic heterocycles. The molecular weight excluding hydrogens is 302 g/mol. The molecule has 1 aromatic rings. The molecule has 0 saturated heterocycles. The average molecular weight is 320 g/mol. The van der Waals surface area contributed by atoms with Crippen molar-refractivity contribution in [3.8, 4) is 0 Å². The first kappa shape index (κ1) is 14.7. The molecule has 0 saturated carbocycles. The van der Waals surface area contributed by atoms with Crippen molar-refractivity contribution < 1.29 is 9.53 Å². The normalized spacial score (nSPS) is 10.8. The van der Waals surface area contributed by atoms with Crippen molar-refractivity contribution in [2.24, 2.45) is 5.92 Å². The lowest BCUT2D eigenvalue weighted by atomic mass is 10.2. The summed E-state index contributed by atoms with van der Waals surface area (Å²) >= 11 is 4.78. The molecule has 1 aromatic heterocycles. The lowest BCUT2D eigenvalue weighted by Crippen LogP contribution is -2.24. The maximum absolute atomic E-state index is 11.6. The predicted molar refractivity (Wildman–Crippen MR) is 74.6 cm³/mol. The van der Waals surface area contributed by atoms with E-state index in [-0.39, 0.29) is 5.91 Å². The average Bonchev–Trinajstić information content (AvgIpc) is 2.69. The molecule has 96 valence electrons. The SMILES string of the molecule is CC(C)COCCCNC(=O)c1ccc(Br)s1. The van der Waals surface area contributed by atoms with Crippen LogP contribution < -0.4 is 5.32 Å². The Balaban J connectivity index is 2.09. The van der Waals surface area contributed by atoms with Gasteiger partial charge < -0.3 is 10.1 Å². The van der Waals surface area contributed by atoms with Gasteiger partial charge in [-0.3, -0.25) is 4.79 Å². The summed E-state index contributed by atoms with van der Waals surface area (Å²) in [5.41, 5.74) is 0. The molecule has 0 aromatic carbocycles. The first-order valence-electron chi connectivity index (χ1n) is 5.71. The monoisotopic (exact) mass is 319 g/mol. The van der Waals surface area contributed by atoms with E-state index in [0.29, 0.717) is 19.1 Å². The summed E-state index contributed by atoms with van der Waals surface area (Å²) in [5.74, 6) is 0.553. The van der Waals surface area contributed by atoms with Crippen LogP contribution in [0.5, 0.6) is 0 Å². The smallest absolute Gasteiger partial charge is 0.261 e. The van der Waals surface area contributed by atoms with Crippen molar-refractivity contribution in [3.05, 3.63) is 20.8 Å². The number of carbonyl (C=O) groups excluding carboxylic acids is 1. The summed E-state index contributed by atoms with van der Waals surface area (Å²) in [6.45, 7) is 6.39. The molecule has 1 rings (SSSR count). The van der Waals surface area contributed by atoms with Crippen molar-refractivity contribution >= 4 is 33.2 Å². The maximum atomic E-state index is 11.6. The molecule has 5 heteroatoms. The molecule has 0 spiro atoms. The highest BCUT2D eigenvalue weighted by Gasteiger charge is 2.06. The first-order chi connectivity index (χ1) is 8.09. The standard InChI is InChI=1S/C12H18BrNO2S/c1-9(2)8-16-7-3-6-14-12(15)10-4-5-11(13)17-10/h4-5,9H,3,6-8H2,1-2H3,(H,14,15). The van der Waals surface area contributed by atoms with Gasteiger partial charge in [0.1, 0.15) is 0 Å². The highest BCUT2D eigenvalue weighted by atomic mass is 79.9. The van der Waals surface area contributed by atoms with E-state index in [0.717, 1.165) is 21.7 Å². The lowest BCUT2D eigenvalue weighted by Gasteiger charge is -2.07. The van der Waals surface area contributed by atoms with E-state index in [2.05, 4.69) is 35.1 Å². The number of amides is 1. The third-order valence-corrected chi connectivity index (χ3v) is 3.62. The van der Waals surface area contributed by atoms with Crippen LogP contribution in [0.25, 0.3) is 0 Å².